The monoisotopic (exact) mass is 273 g/mol. The summed E-state index contributed by atoms with van der Waals surface area (Å²) in [6.45, 7) is 0.183. The van der Waals surface area contributed by atoms with Gasteiger partial charge in [0.25, 0.3) is 0 Å². The molecule has 2 heterocycles. The summed E-state index contributed by atoms with van der Waals surface area (Å²) >= 11 is 0. The van der Waals surface area contributed by atoms with Crippen molar-refractivity contribution in [1.82, 2.24) is 24.3 Å². The molecule has 0 aliphatic rings. The second-order valence-electron chi connectivity index (χ2n) is 4.39. The summed E-state index contributed by atoms with van der Waals surface area (Å²) < 4.78 is 2.95. The average molecular weight is 273 g/mol. The SMILES string of the molecule is Cn1cnc(Cn2c(=O)[nH]c3ccc(C(=O)O)cc32)n1. The zero-order chi connectivity index (χ0) is 14.3. The third kappa shape index (κ3) is 1.96. The number of aromatic amines is 1. The van der Waals surface area contributed by atoms with Crippen LogP contribution in [-0.4, -0.2) is 35.4 Å². The van der Waals surface area contributed by atoms with E-state index in [-0.39, 0.29) is 17.8 Å². The van der Waals surface area contributed by atoms with Crippen LogP contribution in [0.5, 0.6) is 0 Å². The van der Waals surface area contributed by atoms with Crippen LogP contribution in [0.3, 0.4) is 0 Å². The number of nitrogens with one attached hydrogen (secondary N) is 1. The second kappa shape index (κ2) is 4.34. The maximum absolute atomic E-state index is 11.9. The lowest BCUT2D eigenvalue weighted by molar-refractivity contribution is 0.0697. The molecular formula is C12H11N5O3. The molecule has 1 aromatic carbocycles. The number of carbonyl (C=O) groups is 1. The van der Waals surface area contributed by atoms with Crippen molar-refractivity contribution in [2.24, 2.45) is 7.05 Å². The van der Waals surface area contributed by atoms with E-state index in [0.29, 0.717) is 16.9 Å². The van der Waals surface area contributed by atoms with Gasteiger partial charge in [0.1, 0.15) is 6.33 Å². The first-order valence-electron chi connectivity index (χ1n) is 5.85. The molecule has 102 valence electrons. The molecule has 0 unspecified atom stereocenters. The van der Waals surface area contributed by atoms with E-state index in [4.69, 9.17) is 5.11 Å². The maximum Gasteiger partial charge on any atom is 0.335 e. The number of rotatable bonds is 3. The van der Waals surface area contributed by atoms with Crippen LogP contribution in [0.4, 0.5) is 0 Å². The van der Waals surface area contributed by atoms with Crippen LogP contribution >= 0.6 is 0 Å². The van der Waals surface area contributed by atoms with Crippen molar-refractivity contribution in [3.8, 4) is 0 Å². The van der Waals surface area contributed by atoms with Crippen LogP contribution in [0.2, 0.25) is 0 Å². The van der Waals surface area contributed by atoms with Gasteiger partial charge in [-0.1, -0.05) is 0 Å². The van der Waals surface area contributed by atoms with Crippen molar-refractivity contribution in [2.45, 2.75) is 6.54 Å². The Morgan fingerprint density at radius 3 is 2.90 bits per heavy atom. The van der Waals surface area contributed by atoms with Gasteiger partial charge in [-0.2, -0.15) is 5.10 Å². The Labute approximate surface area is 112 Å². The highest BCUT2D eigenvalue weighted by Crippen LogP contribution is 2.13. The van der Waals surface area contributed by atoms with Crippen LogP contribution in [-0.2, 0) is 13.6 Å². The van der Waals surface area contributed by atoms with Gasteiger partial charge in [-0.3, -0.25) is 9.25 Å². The van der Waals surface area contributed by atoms with Crippen molar-refractivity contribution in [3.05, 3.63) is 46.4 Å². The summed E-state index contributed by atoms with van der Waals surface area (Å²) in [6.07, 6.45) is 1.54. The first-order valence-corrected chi connectivity index (χ1v) is 5.85. The van der Waals surface area contributed by atoms with Gasteiger partial charge in [0.05, 0.1) is 23.1 Å². The molecule has 0 aliphatic heterocycles. The van der Waals surface area contributed by atoms with Crippen molar-refractivity contribution < 1.29 is 9.90 Å². The number of hydrogen-bond donors (Lipinski definition) is 2. The van der Waals surface area contributed by atoms with Crippen molar-refractivity contribution >= 4 is 17.0 Å². The molecule has 8 heteroatoms. The third-order valence-corrected chi connectivity index (χ3v) is 2.97. The number of imidazole rings is 1. The number of benzene rings is 1. The molecule has 0 bridgehead atoms. The van der Waals surface area contributed by atoms with E-state index in [1.165, 1.54) is 27.7 Å². The Kier molecular flexibility index (Phi) is 2.63. The molecule has 3 aromatic rings. The van der Waals surface area contributed by atoms with Crippen molar-refractivity contribution in [2.75, 3.05) is 0 Å². The van der Waals surface area contributed by atoms with Gasteiger partial charge in [-0.25, -0.2) is 14.6 Å². The van der Waals surface area contributed by atoms with Crippen LogP contribution < -0.4 is 5.69 Å². The molecule has 0 spiro atoms. The van der Waals surface area contributed by atoms with Gasteiger partial charge in [0, 0.05) is 7.05 Å². The number of aryl methyl sites for hydroxylation is 1. The van der Waals surface area contributed by atoms with Gasteiger partial charge < -0.3 is 10.1 Å². The minimum atomic E-state index is -1.04. The first-order chi connectivity index (χ1) is 9.54. The third-order valence-electron chi connectivity index (χ3n) is 2.97. The Hall–Kier alpha value is -2.90. The Balaban J connectivity index is 2.13. The molecule has 0 fully saturated rings. The second-order valence-corrected chi connectivity index (χ2v) is 4.39. The summed E-state index contributed by atoms with van der Waals surface area (Å²) in [7, 11) is 1.73. The fourth-order valence-electron chi connectivity index (χ4n) is 2.04. The van der Waals surface area contributed by atoms with Crippen molar-refractivity contribution in [1.29, 1.82) is 0 Å². The topological polar surface area (TPSA) is 106 Å². The number of aromatic carboxylic acids is 1. The highest BCUT2D eigenvalue weighted by atomic mass is 16.4. The number of aromatic nitrogens is 5. The van der Waals surface area contributed by atoms with E-state index in [9.17, 15) is 9.59 Å². The quantitative estimate of drug-likeness (QED) is 0.709. The van der Waals surface area contributed by atoms with Crippen molar-refractivity contribution in [3.63, 3.8) is 0 Å². The maximum atomic E-state index is 11.9. The molecule has 2 aromatic heterocycles. The number of fused-ring (bicyclic) bond motifs is 1. The smallest absolute Gasteiger partial charge is 0.335 e. The van der Waals surface area contributed by atoms with Gasteiger partial charge >= 0.3 is 11.7 Å². The molecule has 0 saturated carbocycles. The predicted octanol–water partition coefficient (Wildman–Crippen LogP) is 0.205. The van der Waals surface area contributed by atoms with Gasteiger partial charge in [-0.15, -0.1) is 0 Å². The van der Waals surface area contributed by atoms with E-state index < -0.39 is 5.97 Å². The van der Waals surface area contributed by atoms with Crippen LogP contribution in [0, 0.1) is 0 Å². The molecule has 3 rings (SSSR count). The number of carboxylic acid groups (broad SMARTS) is 1. The van der Waals surface area contributed by atoms with E-state index >= 15 is 0 Å². The number of nitrogens with zero attached hydrogens (tertiary/aromatic N) is 4. The number of hydrogen-bond acceptors (Lipinski definition) is 4. The number of carboxylic acids is 1. The lowest BCUT2D eigenvalue weighted by Gasteiger charge is -2.00. The zero-order valence-corrected chi connectivity index (χ0v) is 10.6. The summed E-state index contributed by atoms with van der Waals surface area (Å²) in [5, 5.41) is 13.1. The lowest BCUT2D eigenvalue weighted by Crippen LogP contribution is -2.18. The van der Waals surface area contributed by atoms with Gasteiger partial charge in [0.2, 0.25) is 0 Å². The molecular weight excluding hydrogens is 262 g/mol. The van der Waals surface area contributed by atoms with E-state index in [1.54, 1.807) is 13.1 Å². The molecule has 8 nitrogen and oxygen atoms in total. The molecule has 20 heavy (non-hydrogen) atoms. The molecule has 2 N–H and O–H groups in total. The fraction of sp³-hybridized carbons (Fsp3) is 0.167. The van der Waals surface area contributed by atoms with Gasteiger partial charge in [-0.05, 0) is 18.2 Å². The van der Waals surface area contributed by atoms with Crippen LogP contribution in [0.25, 0.3) is 11.0 Å². The summed E-state index contributed by atoms with van der Waals surface area (Å²) in [5.41, 5.74) is 0.896. The Morgan fingerprint density at radius 1 is 1.45 bits per heavy atom. The largest absolute Gasteiger partial charge is 0.478 e. The molecule has 0 atom stereocenters. The summed E-state index contributed by atoms with van der Waals surface area (Å²) in [5.74, 6) is -0.556. The minimum Gasteiger partial charge on any atom is -0.478 e. The summed E-state index contributed by atoms with van der Waals surface area (Å²) in [4.78, 5) is 29.7. The minimum absolute atomic E-state index is 0.124. The predicted molar refractivity (Wildman–Crippen MR) is 69.6 cm³/mol. The van der Waals surface area contributed by atoms with E-state index in [0.717, 1.165) is 0 Å². The Bertz CT molecular complexity index is 857. The standard InChI is InChI=1S/C12H11N5O3/c1-16-6-13-10(15-16)5-17-9-4-7(11(18)19)2-3-8(9)14-12(17)20/h2-4,6H,5H2,1H3,(H,14,20)(H,18,19). The molecule has 0 saturated heterocycles. The van der Waals surface area contributed by atoms with Gasteiger partial charge in [0.15, 0.2) is 5.82 Å². The lowest BCUT2D eigenvalue weighted by atomic mass is 10.2. The van der Waals surface area contributed by atoms with E-state index in [2.05, 4.69) is 15.1 Å². The summed E-state index contributed by atoms with van der Waals surface area (Å²) in [6, 6.07) is 4.48. The van der Waals surface area contributed by atoms with Crippen LogP contribution in [0.15, 0.2) is 29.3 Å². The molecule has 0 amide bonds. The highest BCUT2D eigenvalue weighted by molar-refractivity contribution is 5.92. The Morgan fingerprint density at radius 2 is 2.25 bits per heavy atom. The van der Waals surface area contributed by atoms with Crippen LogP contribution in [0.1, 0.15) is 16.2 Å². The molecule has 0 aliphatic carbocycles. The average Bonchev–Trinajstić information content (AvgIpc) is 2.94. The number of H-pyrrole nitrogens is 1. The molecule has 0 radical (unpaired) electrons. The van der Waals surface area contributed by atoms with E-state index in [1.807, 2.05) is 0 Å². The highest BCUT2D eigenvalue weighted by Gasteiger charge is 2.12. The first kappa shape index (κ1) is 12.2. The normalized spacial score (nSPS) is 11.1. The fourth-order valence-corrected chi connectivity index (χ4v) is 2.04. The zero-order valence-electron chi connectivity index (χ0n) is 10.6.